The van der Waals surface area contributed by atoms with Crippen LogP contribution in [0.5, 0.6) is 0 Å². The van der Waals surface area contributed by atoms with E-state index in [0.717, 1.165) is 11.6 Å². The molecular weight excluding hydrogens is 222 g/mol. The predicted molar refractivity (Wildman–Crippen MR) is 60.8 cm³/mol. The monoisotopic (exact) mass is 231 g/mol. The van der Waals surface area contributed by atoms with Gasteiger partial charge in [-0.1, -0.05) is 6.07 Å². The van der Waals surface area contributed by atoms with Crippen LogP contribution in [0.1, 0.15) is 21.5 Å². The van der Waals surface area contributed by atoms with E-state index < -0.39 is 17.7 Å². The summed E-state index contributed by atoms with van der Waals surface area (Å²) >= 11 is 0. The minimum atomic E-state index is -1.10. The van der Waals surface area contributed by atoms with E-state index in [1.165, 1.54) is 6.08 Å². The van der Waals surface area contributed by atoms with Crippen LogP contribution in [0.2, 0.25) is 0 Å². The fourth-order valence-electron chi connectivity index (χ4n) is 1.73. The van der Waals surface area contributed by atoms with Gasteiger partial charge in [0.05, 0.1) is 11.3 Å². The second kappa shape index (κ2) is 3.86. The predicted octanol–water partition coefficient (Wildman–Crippen LogP) is 1.23. The lowest BCUT2D eigenvalue weighted by molar-refractivity contribution is -0.131. The van der Waals surface area contributed by atoms with Gasteiger partial charge >= 0.3 is 5.97 Å². The maximum atomic E-state index is 11.6. The van der Waals surface area contributed by atoms with Gasteiger partial charge in [0.25, 0.3) is 11.7 Å². The Bertz CT molecular complexity index is 572. The molecule has 2 N–H and O–H groups in total. The number of hydrogen-bond donors (Lipinski definition) is 2. The van der Waals surface area contributed by atoms with Gasteiger partial charge in [0, 0.05) is 6.08 Å². The van der Waals surface area contributed by atoms with Crippen LogP contribution in [0.3, 0.4) is 0 Å². The molecule has 1 amide bonds. The molecule has 5 nitrogen and oxygen atoms in total. The van der Waals surface area contributed by atoms with Gasteiger partial charge in [-0.2, -0.15) is 0 Å². The molecular formula is C12H9NO4. The zero-order valence-electron chi connectivity index (χ0n) is 8.98. The number of carboxylic acid groups (broad SMARTS) is 1. The van der Waals surface area contributed by atoms with E-state index in [4.69, 9.17) is 5.11 Å². The molecule has 0 spiro atoms. The Morgan fingerprint density at radius 1 is 1.35 bits per heavy atom. The van der Waals surface area contributed by atoms with E-state index in [1.54, 1.807) is 19.1 Å². The Morgan fingerprint density at radius 2 is 2.06 bits per heavy atom. The van der Waals surface area contributed by atoms with Crippen LogP contribution in [0, 0.1) is 6.92 Å². The number of rotatable bonds is 2. The number of ketones is 1. The summed E-state index contributed by atoms with van der Waals surface area (Å²) in [5, 5.41) is 11.0. The second-order valence-electron chi connectivity index (χ2n) is 3.67. The van der Waals surface area contributed by atoms with E-state index in [0.29, 0.717) is 11.3 Å². The normalized spacial score (nSPS) is 13.9. The molecule has 17 heavy (non-hydrogen) atoms. The third kappa shape index (κ3) is 1.82. The van der Waals surface area contributed by atoms with E-state index in [1.807, 2.05) is 0 Å². The minimum absolute atomic E-state index is 0.243. The third-order valence-corrected chi connectivity index (χ3v) is 2.54. The van der Waals surface area contributed by atoms with Crippen molar-refractivity contribution in [2.24, 2.45) is 0 Å². The SMILES string of the molecule is Cc1ccc2c(c1C=CC(=O)O)C(=O)C(=O)N2. The number of aliphatic carboxylic acids is 1. The van der Waals surface area contributed by atoms with Gasteiger partial charge in [0.1, 0.15) is 0 Å². The van der Waals surface area contributed by atoms with Crippen LogP contribution >= 0.6 is 0 Å². The lowest BCUT2D eigenvalue weighted by atomic mass is 9.98. The van der Waals surface area contributed by atoms with Crippen LogP contribution < -0.4 is 5.32 Å². The number of benzene rings is 1. The summed E-state index contributed by atoms with van der Waals surface area (Å²) in [7, 11) is 0. The smallest absolute Gasteiger partial charge is 0.328 e. The van der Waals surface area contributed by atoms with Gasteiger partial charge in [-0.15, -0.1) is 0 Å². The van der Waals surface area contributed by atoms with Crippen molar-refractivity contribution in [3.8, 4) is 0 Å². The number of carbonyl (C=O) groups excluding carboxylic acids is 2. The number of anilines is 1. The second-order valence-corrected chi connectivity index (χ2v) is 3.67. The lowest BCUT2D eigenvalue weighted by Gasteiger charge is -2.05. The van der Waals surface area contributed by atoms with E-state index >= 15 is 0 Å². The van der Waals surface area contributed by atoms with E-state index in [2.05, 4.69) is 5.32 Å². The number of fused-ring (bicyclic) bond motifs is 1. The van der Waals surface area contributed by atoms with Crippen molar-refractivity contribution in [3.05, 3.63) is 34.9 Å². The molecule has 0 saturated heterocycles. The third-order valence-electron chi connectivity index (χ3n) is 2.54. The van der Waals surface area contributed by atoms with Gasteiger partial charge in [-0.25, -0.2) is 4.79 Å². The van der Waals surface area contributed by atoms with Gasteiger partial charge in [0.2, 0.25) is 0 Å². The Labute approximate surface area is 96.8 Å². The number of hydrogen-bond acceptors (Lipinski definition) is 3. The van der Waals surface area contributed by atoms with Crippen molar-refractivity contribution in [2.75, 3.05) is 5.32 Å². The van der Waals surface area contributed by atoms with Crippen molar-refractivity contribution in [3.63, 3.8) is 0 Å². The molecule has 1 aromatic carbocycles. The molecule has 0 aliphatic carbocycles. The highest BCUT2D eigenvalue weighted by Gasteiger charge is 2.30. The van der Waals surface area contributed by atoms with Crippen molar-refractivity contribution in [1.82, 2.24) is 0 Å². The number of aryl methyl sites for hydroxylation is 1. The molecule has 86 valence electrons. The number of carbonyl (C=O) groups is 3. The maximum Gasteiger partial charge on any atom is 0.328 e. The average molecular weight is 231 g/mol. The molecule has 1 heterocycles. The van der Waals surface area contributed by atoms with Crippen molar-refractivity contribution in [2.45, 2.75) is 6.92 Å². The summed E-state index contributed by atoms with van der Waals surface area (Å²) in [6, 6.07) is 3.35. The Kier molecular flexibility index (Phi) is 2.51. The fourth-order valence-corrected chi connectivity index (χ4v) is 1.73. The van der Waals surface area contributed by atoms with Gasteiger partial charge in [0.15, 0.2) is 0 Å². The summed E-state index contributed by atoms with van der Waals surface area (Å²) in [6.07, 6.45) is 2.27. The zero-order valence-corrected chi connectivity index (χ0v) is 8.98. The summed E-state index contributed by atoms with van der Waals surface area (Å²) in [4.78, 5) is 33.3. The molecule has 5 heteroatoms. The number of nitrogens with one attached hydrogen (secondary N) is 1. The first kappa shape index (κ1) is 11.1. The molecule has 1 aliphatic rings. The average Bonchev–Trinajstić information content (AvgIpc) is 2.54. The van der Waals surface area contributed by atoms with E-state index in [9.17, 15) is 14.4 Å². The molecule has 0 bridgehead atoms. The van der Waals surface area contributed by atoms with Crippen molar-refractivity contribution < 1.29 is 19.5 Å². The Hall–Kier alpha value is -2.43. The molecule has 0 atom stereocenters. The van der Waals surface area contributed by atoms with Crippen LogP contribution in [0.15, 0.2) is 18.2 Å². The van der Waals surface area contributed by atoms with Crippen LogP contribution in [0.4, 0.5) is 5.69 Å². The number of carboxylic acids is 1. The highest BCUT2D eigenvalue weighted by molar-refractivity contribution is 6.52. The fraction of sp³-hybridized carbons (Fsp3) is 0.0833. The van der Waals surface area contributed by atoms with Gasteiger partial charge < -0.3 is 10.4 Å². The highest BCUT2D eigenvalue weighted by atomic mass is 16.4. The molecule has 0 unspecified atom stereocenters. The first-order chi connectivity index (χ1) is 8.00. The molecule has 0 fully saturated rings. The molecule has 0 aromatic heterocycles. The van der Waals surface area contributed by atoms with Crippen LogP contribution in [-0.4, -0.2) is 22.8 Å². The standard InChI is InChI=1S/C12H9NO4/c1-6-2-4-8-10(11(16)12(17)13-8)7(6)3-5-9(14)15/h2-5H,1H3,(H,14,15)(H,13,16,17). The molecule has 0 radical (unpaired) electrons. The van der Waals surface area contributed by atoms with Crippen LogP contribution in [-0.2, 0) is 9.59 Å². The summed E-state index contributed by atoms with van der Waals surface area (Å²) in [5.74, 6) is -2.42. The number of amides is 1. The first-order valence-electron chi connectivity index (χ1n) is 4.91. The largest absolute Gasteiger partial charge is 0.478 e. The maximum absolute atomic E-state index is 11.6. The summed E-state index contributed by atoms with van der Waals surface area (Å²) in [6.45, 7) is 1.75. The lowest BCUT2D eigenvalue weighted by Crippen LogP contribution is -2.13. The van der Waals surface area contributed by atoms with E-state index in [-0.39, 0.29) is 5.56 Å². The topological polar surface area (TPSA) is 83.5 Å². The molecule has 1 aliphatic heterocycles. The molecule has 2 rings (SSSR count). The molecule has 0 saturated carbocycles. The minimum Gasteiger partial charge on any atom is -0.478 e. The summed E-state index contributed by atoms with van der Waals surface area (Å²) < 4.78 is 0. The molecule has 1 aromatic rings. The highest BCUT2D eigenvalue weighted by Crippen LogP contribution is 2.29. The van der Waals surface area contributed by atoms with Crippen LogP contribution in [0.25, 0.3) is 6.08 Å². The van der Waals surface area contributed by atoms with Gasteiger partial charge in [-0.3, -0.25) is 9.59 Å². The number of Topliss-reactive ketones (excluding diaryl/α,β-unsaturated/α-hetero) is 1. The van der Waals surface area contributed by atoms with Crippen molar-refractivity contribution in [1.29, 1.82) is 0 Å². The first-order valence-corrected chi connectivity index (χ1v) is 4.91. The Balaban J connectivity index is 2.60. The zero-order chi connectivity index (χ0) is 12.6. The summed E-state index contributed by atoms with van der Waals surface area (Å²) in [5.41, 5.74) is 1.88. The Morgan fingerprint density at radius 3 is 2.71 bits per heavy atom. The quantitative estimate of drug-likeness (QED) is 0.592. The van der Waals surface area contributed by atoms with Gasteiger partial charge in [-0.05, 0) is 30.2 Å². The van der Waals surface area contributed by atoms with Crippen molar-refractivity contribution >= 4 is 29.4 Å².